The molecule has 18 heavy (non-hydrogen) atoms. The van der Waals surface area contributed by atoms with Crippen LogP contribution in [0.1, 0.15) is 71.6 Å². The van der Waals surface area contributed by atoms with Crippen molar-refractivity contribution < 1.29 is 8.85 Å². The van der Waals surface area contributed by atoms with E-state index in [4.69, 9.17) is 8.85 Å². The summed E-state index contributed by atoms with van der Waals surface area (Å²) in [5, 5.41) is 0. The summed E-state index contributed by atoms with van der Waals surface area (Å²) < 4.78 is 11.7. The van der Waals surface area contributed by atoms with Gasteiger partial charge in [-0.3, -0.25) is 0 Å². The van der Waals surface area contributed by atoms with Gasteiger partial charge in [-0.25, -0.2) is 0 Å². The smallest absolute Gasteiger partial charge is 0.331 e. The topological polar surface area (TPSA) is 18.5 Å². The van der Waals surface area contributed by atoms with Crippen molar-refractivity contribution in [3.8, 4) is 0 Å². The van der Waals surface area contributed by atoms with E-state index < -0.39 is 8.56 Å². The highest BCUT2D eigenvalue weighted by atomic mass is 28.4. The molecule has 0 radical (unpaired) electrons. The van der Waals surface area contributed by atoms with E-state index in [1.165, 1.54) is 51.4 Å². The Hall–Kier alpha value is 0.137. The summed E-state index contributed by atoms with van der Waals surface area (Å²) in [4.78, 5) is 0. The van der Waals surface area contributed by atoms with Crippen molar-refractivity contribution in [2.24, 2.45) is 0 Å². The molecule has 0 N–H and O–H groups in total. The molecule has 0 bridgehead atoms. The van der Waals surface area contributed by atoms with E-state index in [0.29, 0.717) is 0 Å². The van der Waals surface area contributed by atoms with Gasteiger partial charge in [0.1, 0.15) is 0 Å². The lowest BCUT2D eigenvalue weighted by molar-refractivity contribution is 0.176. The Kier molecular flexibility index (Phi) is 12.3. The van der Waals surface area contributed by atoms with E-state index in [2.05, 4.69) is 26.9 Å². The Morgan fingerprint density at radius 3 is 1.67 bits per heavy atom. The molecule has 0 aliphatic carbocycles. The summed E-state index contributed by atoms with van der Waals surface area (Å²) in [5.74, 6) is 0. The van der Waals surface area contributed by atoms with Crippen molar-refractivity contribution >= 4 is 8.56 Å². The highest BCUT2D eigenvalue weighted by molar-refractivity contribution is 6.64. The fourth-order valence-corrected chi connectivity index (χ4v) is 3.36. The molecule has 0 atom stereocenters. The molecule has 110 valence electrons. The van der Waals surface area contributed by atoms with Crippen LogP contribution in [-0.2, 0) is 8.85 Å². The van der Waals surface area contributed by atoms with Crippen LogP contribution in [0.25, 0.3) is 0 Å². The molecule has 0 aromatic carbocycles. The minimum atomic E-state index is -1.81. The van der Waals surface area contributed by atoms with Crippen molar-refractivity contribution in [1.82, 2.24) is 0 Å². The lowest BCUT2D eigenvalue weighted by Gasteiger charge is -2.22. The van der Waals surface area contributed by atoms with E-state index in [1.807, 2.05) is 0 Å². The Morgan fingerprint density at radius 1 is 0.611 bits per heavy atom. The van der Waals surface area contributed by atoms with Gasteiger partial charge in [0.2, 0.25) is 0 Å². The number of unbranched alkanes of at least 4 members (excludes halogenated alkanes) is 7. The molecule has 0 rings (SSSR count). The zero-order valence-corrected chi connectivity index (χ0v) is 14.1. The Labute approximate surface area is 116 Å². The zero-order valence-electron chi connectivity index (χ0n) is 13.1. The van der Waals surface area contributed by atoms with E-state index in [1.54, 1.807) is 0 Å². The van der Waals surface area contributed by atoms with Gasteiger partial charge in [-0.1, -0.05) is 58.8 Å². The molecule has 0 aromatic heterocycles. The highest BCUT2D eigenvalue weighted by Crippen LogP contribution is 2.11. The van der Waals surface area contributed by atoms with Gasteiger partial charge in [0.15, 0.2) is 0 Å². The Bertz CT molecular complexity index is 172. The molecule has 0 aromatic rings. The van der Waals surface area contributed by atoms with Crippen LogP contribution < -0.4 is 0 Å². The summed E-state index contributed by atoms with van der Waals surface area (Å²) in [6.07, 6.45) is 11.9. The molecule has 2 nitrogen and oxygen atoms in total. The fraction of sp³-hybridized carbons (Fsp3) is 1.00. The number of hydrogen-bond donors (Lipinski definition) is 0. The van der Waals surface area contributed by atoms with Gasteiger partial charge in [0, 0.05) is 13.2 Å². The predicted molar refractivity (Wildman–Crippen MR) is 82.3 cm³/mol. The first-order valence-electron chi connectivity index (χ1n) is 7.90. The second-order valence-corrected chi connectivity index (χ2v) is 8.95. The third kappa shape index (κ3) is 12.6. The van der Waals surface area contributed by atoms with Crippen LogP contribution in [-0.4, -0.2) is 21.8 Å². The summed E-state index contributed by atoms with van der Waals surface area (Å²) in [5.41, 5.74) is 0. The van der Waals surface area contributed by atoms with Gasteiger partial charge in [0.05, 0.1) is 0 Å². The zero-order chi connectivity index (χ0) is 13.7. The second-order valence-electron chi connectivity index (χ2n) is 5.57. The molecule has 0 saturated heterocycles. The lowest BCUT2D eigenvalue weighted by Crippen LogP contribution is -2.35. The second kappa shape index (κ2) is 12.2. The average molecular weight is 275 g/mol. The maximum atomic E-state index is 5.89. The van der Waals surface area contributed by atoms with Crippen molar-refractivity contribution in [3.63, 3.8) is 0 Å². The van der Waals surface area contributed by atoms with Crippen molar-refractivity contribution in [2.45, 2.75) is 84.7 Å². The maximum Gasteiger partial charge on any atom is 0.331 e. The molecule has 0 heterocycles. The largest absolute Gasteiger partial charge is 0.395 e. The number of rotatable bonds is 13. The quantitative estimate of drug-likeness (QED) is 0.336. The Balaban J connectivity index is 3.23. The van der Waals surface area contributed by atoms with Crippen LogP contribution in [0.15, 0.2) is 0 Å². The van der Waals surface area contributed by atoms with Crippen LogP contribution in [0.2, 0.25) is 13.1 Å². The summed E-state index contributed by atoms with van der Waals surface area (Å²) in [6.45, 7) is 10.4. The van der Waals surface area contributed by atoms with Crippen LogP contribution in [0.4, 0.5) is 0 Å². The van der Waals surface area contributed by atoms with Crippen LogP contribution in [0, 0.1) is 0 Å². The van der Waals surface area contributed by atoms with Crippen LogP contribution >= 0.6 is 0 Å². The highest BCUT2D eigenvalue weighted by Gasteiger charge is 2.23. The first kappa shape index (κ1) is 18.1. The molecular formula is C15H34O2Si. The van der Waals surface area contributed by atoms with E-state index in [9.17, 15) is 0 Å². The van der Waals surface area contributed by atoms with E-state index in [0.717, 1.165) is 19.6 Å². The SMILES string of the molecule is CCCCCCCCCCO[Si](C)(C)OCCC. The first-order valence-corrected chi connectivity index (χ1v) is 10.7. The molecule has 0 spiro atoms. The average Bonchev–Trinajstić information content (AvgIpc) is 2.34. The van der Waals surface area contributed by atoms with Gasteiger partial charge >= 0.3 is 8.56 Å². The van der Waals surface area contributed by atoms with Gasteiger partial charge in [-0.2, -0.15) is 0 Å². The van der Waals surface area contributed by atoms with E-state index in [-0.39, 0.29) is 0 Å². The Morgan fingerprint density at radius 2 is 1.11 bits per heavy atom. The third-order valence-corrected chi connectivity index (χ3v) is 4.90. The van der Waals surface area contributed by atoms with Crippen molar-refractivity contribution in [2.75, 3.05) is 13.2 Å². The number of hydrogen-bond acceptors (Lipinski definition) is 2. The molecule has 0 aliphatic rings. The van der Waals surface area contributed by atoms with Crippen LogP contribution in [0.5, 0.6) is 0 Å². The normalized spacial score (nSPS) is 12.0. The van der Waals surface area contributed by atoms with Gasteiger partial charge in [-0.05, 0) is 25.9 Å². The summed E-state index contributed by atoms with van der Waals surface area (Å²) in [6, 6.07) is 0. The molecule has 0 aliphatic heterocycles. The first-order chi connectivity index (χ1) is 8.62. The van der Waals surface area contributed by atoms with Gasteiger partial charge < -0.3 is 8.85 Å². The molecule has 0 fully saturated rings. The van der Waals surface area contributed by atoms with Gasteiger partial charge in [-0.15, -0.1) is 0 Å². The fourth-order valence-electron chi connectivity index (χ4n) is 1.94. The standard InChI is InChI=1S/C15H34O2Si/c1-5-7-8-9-10-11-12-13-15-17-18(3,4)16-14-6-2/h5-15H2,1-4H3. The van der Waals surface area contributed by atoms with Crippen LogP contribution in [0.3, 0.4) is 0 Å². The van der Waals surface area contributed by atoms with Gasteiger partial charge in [0.25, 0.3) is 0 Å². The third-order valence-electron chi connectivity index (χ3n) is 3.10. The summed E-state index contributed by atoms with van der Waals surface area (Å²) >= 11 is 0. The molecule has 0 amide bonds. The maximum absolute atomic E-state index is 5.89. The predicted octanol–water partition coefficient (Wildman–Crippen LogP) is 5.27. The molecule has 0 saturated carbocycles. The monoisotopic (exact) mass is 274 g/mol. The van der Waals surface area contributed by atoms with E-state index >= 15 is 0 Å². The molecular weight excluding hydrogens is 240 g/mol. The van der Waals surface area contributed by atoms with Crippen molar-refractivity contribution in [3.05, 3.63) is 0 Å². The molecule has 3 heteroatoms. The summed E-state index contributed by atoms with van der Waals surface area (Å²) in [7, 11) is -1.81. The lowest BCUT2D eigenvalue weighted by atomic mass is 10.1. The minimum absolute atomic E-state index is 0.844. The molecule has 0 unspecified atom stereocenters. The minimum Gasteiger partial charge on any atom is -0.395 e. The van der Waals surface area contributed by atoms with Crippen molar-refractivity contribution in [1.29, 1.82) is 0 Å².